The third-order valence-corrected chi connectivity index (χ3v) is 7.08. The third kappa shape index (κ3) is 5.30. The molecule has 11 heteroatoms. The van der Waals surface area contributed by atoms with Crippen molar-refractivity contribution in [2.75, 3.05) is 26.8 Å². The van der Waals surface area contributed by atoms with Crippen molar-refractivity contribution in [3.8, 4) is 0 Å². The Balaban J connectivity index is 1.94. The number of nitrogens with zero attached hydrogens (tertiary/aromatic N) is 2. The van der Waals surface area contributed by atoms with E-state index in [1.54, 1.807) is 24.3 Å². The van der Waals surface area contributed by atoms with Crippen molar-refractivity contribution in [3.63, 3.8) is 0 Å². The van der Waals surface area contributed by atoms with Crippen molar-refractivity contribution in [2.24, 2.45) is 5.92 Å². The van der Waals surface area contributed by atoms with Gasteiger partial charge < -0.3 is 9.47 Å². The summed E-state index contributed by atoms with van der Waals surface area (Å²) in [6.45, 7) is 2.02. The fourth-order valence-corrected chi connectivity index (χ4v) is 4.99. The molecule has 0 saturated carbocycles. The molecule has 0 spiro atoms. The van der Waals surface area contributed by atoms with Crippen LogP contribution in [-0.4, -0.2) is 55.0 Å². The maximum Gasteiger partial charge on any atom is 0.330 e. The quantitative estimate of drug-likeness (QED) is 0.638. The van der Waals surface area contributed by atoms with Gasteiger partial charge in [0.25, 0.3) is 5.56 Å². The highest BCUT2D eigenvalue weighted by atomic mass is 32.2. The van der Waals surface area contributed by atoms with E-state index in [0.29, 0.717) is 0 Å². The van der Waals surface area contributed by atoms with Crippen molar-refractivity contribution < 1.29 is 22.7 Å². The minimum atomic E-state index is -3.81. The Hall–Kier alpha value is -2.76. The molecule has 0 aliphatic carbocycles. The van der Waals surface area contributed by atoms with E-state index in [2.05, 4.69) is 4.98 Å². The Morgan fingerprint density at radius 3 is 2.58 bits per heavy atom. The zero-order valence-electron chi connectivity index (χ0n) is 17.3. The van der Waals surface area contributed by atoms with Crippen molar-refractivity contribution in [1.29, 1.82) is 0 Å². The van der Waals surface area contributed by atoms with Gasteiger partial charge in [-0.05, 0) is 25.5 Å². The molecule has 1 aromatic carbocycles. The maximum absolute atomic E-state index is 13.2. The van der Waals surface area contributed by atoms with Crippen LogP contribution in [0.2, 0.25) is 0 Å². The molecular weight excluding hydrogens is 426 g/mol. The first kappa shape index (κ1) is 22.9. The Bertz CT molecular complexity index is 1140. The Morgan fingerprint density at radius 2 is 1.94 bits per heavy atom. The van der Waals surface area contributed by atoms with Crippen molar-refractivity contribution in [3.05, 3.63) is 62.9 Å². The van der Waals surface area contributed by atoms with Crippen LogP contribution < -0.4 is 11.2 Å². The average Bonchev–Trinajstić information content (AvgIpc) is 2.95. The molecule has 3 rings (SSSR count). The summed E-state index contributed by atoms with van der Waals surface area (Å²) in [5, 5.41) is 0. The summed E-state index contributed by atoms with van der Waals surface area (Å²) >= 11 is 0. The van der Waals surface area contributed by atoms with Gasteiger partial charge in [-0.3, -0.25) is 19.1 Å². The van der Waals surface area contributed by atoms with Crippen LogP contribution in [0.5, 0.6) is 0 Å². The number of ether oxygens (including phenoxy) is 2. The summed E-state index contributed by atoms with van der Waals surface area (Å²) in [7, 11) is -2.54. The molecule has 1 aliphatic heterocycles. The fourth-order valence-electron chi connectivity index (χ4n) is 3.51. The van der Waals surface area contributed by atoms with Crippen LogP contribution in [0.25, 0.3) is 0 Å². The predicted octanol–water partition coefficient (Wildman–Crippen LogP) is 0.634. The Labute approximate surface area is 179 Å². The van der Waals surface area contributed by atoms with E-state index >= 15 is 0 Å². The van der Waals surface area contributed by atoms with E-state index < -0.39 is 39.4 Å². The largest absolute Gasteiger partial charge is 0.469 e. The summed E-state index contributed by atoms with van der Waals surface area (Å²) in [5.74, 6) is -0.991. The van der Waals surface area contributed by atoms with Gasteiger partial charge in [-0.1, -0.05) is 17.7 Å². The van der Waals surface area contributed by atoms with E-state index in [4.69, 9.17) is 9.47 Å². The van der Waals surface area contributed by atoms with Crippen molar-refractivity contribution in [2.45, 2.75) is 30.9 Å². The third-order valence-electron chi connectivity index (χ3n) is 5.20. The number of aryl methyl sites for hydroxylation is 1. The molecule has 1 aliphatic rings. The number of hydrogen-bond acceptors (Lipinski definition) is 7. The molecule has 0 amide bonds. The van der Waals surface area contributed by atoms with Gasteiger partial charge >= 0.3 is 11.7 Å². The SMILES string of the molecule is COC(=O)CC[C@H]1CN(S(=O)(=O)c2ccc(C)cc2)CCO[C@@H]1n1ccc(=O)[nH]c1=O. The summed E-state index contributed by atoms with van der Waals surface area (Å²) in [4.78, 5) is 37.8. The first-order valence-corrected chi connectivity index (χ1v) is 11.2. The molecule has 1 aromatic heterocycles. The van der Waals surface area contributed by atoms with Crippen LogP contribution in [0.15, 0.2) is 51.0 Å². The number of carbonyl (C=O) groups is 1. The lowest BCUT2D eigenvalue weighted by atomic mass is 10.0. The maximum atomic E-state index is 13.2. The first-order valence-electron chi connectivity index (χ1n) is 9.79. The van der Waals surface area contributed by atoms with Crippen LogP contribution in [0, 0.1) is 12.8 Å². The molecule has 1 N–H and O–H groups in total. The molecular formula is C20H25N3O7S. The van der Waals surface area contributed by atoms with E-state index in [9.17, 15) is 22.8 Å². The lowest BCUT2D eigenvalue weighted by Crippen LogP contribution is -2.39. The number of hydrogen-bond donors (Lipinski definition) is 1. The minimum absolute atomic E-state index is 0.0253. The predicted molar refractivity (Wildman–Crippen MR) is 111 cm³/mol. The molecule has 2 atom stereocenters. The highest BCUT2D eigenvalue weighted by molar-refractivity contribution is 7.89. The topological polar surface area (TPSA) is 128 Å². The van der Waals surface area contributed by atoms with Crippen LogP contribution in [0.3, 0.4) is 0 Å². The second-order valence-corrected chi connectivity index (χ2v) is 9.27. The summed E-state index contributed by atoms with van der Waals surface area (Å²) in [6.07, 6.45) is 0.703. The number of rotatable bonds is 6. The second-order valence-electron chi connectivity index (χ2n) is 7.33. The molecule has 0 bridgehead atoms. The Morgan fingerprint density at radius 1 is 1.23 bits per heavy atom. The summed E-state index contributed by atoms with van der Waals surface area (Å²) in [6, 6.07) is 7.72. The number of H-pyrrole nitrogens is 1. The van der Waals surface area contributed by atoms with Gasteiger partial charge in [0.15, 0.2) is 0 Å². The van der Waals surface area contributed by atoms with Gasteiger partial charge in [-0.25, -0.2) is 13.2 Å². The van der Waals surface area contributed by atoms with Gasteiger partial charge in [-0.2, -0.15) is 4.31 Å². The summed E-state index contributed by atoms with van der Waals surface area (Å²) < 4.78 is 39.5. The highest BCUT2D eigenvalue weighted by Crippen LogP contribution is 2.29. The fraction of sp³-hybridized carbons (Fsp3) is 0.450. The first-order chi connectivity index (χ1) is 14.7. The second kappa shape index (κ2) is 9.58. The van der Waals surface area contributed by atoms with Gasteiger partial charge in [0.05, 0.1) is 18.6 Å². The van der Waals surface area contributed by atoms with E-state index in [1.807, 2.05) is 6.92 Å². The number of esters is 1. The minimum Gasteiger partial charge on any atom is -0.469 e. The number of aromatic nitrogens is 2. The Kier molecular flexibility index (Phi) is 7.08. The van der Waals surface area contributed by atoms with Crippen LogP contribution in [0.1, 0.15) is 24.6 Å². The zero-order valence-corrected chi connectivity index (χ0v) is 18.1. The van der Waals surface area contributed by atoms with Gasteiger partial charge in [0, 0.05) is 37.7 Å². The van der Waals surface area contributed by atoms with Gasteiger partial charge in [0.1, 0.15) is 6.23 Å². The van der Waals surface area contributed by atoms with Crippen LogP contribution in [0.4, 0.5) is 0 Å². The zero-order chi connectivity index (χ0) is 22.6. The van der Waals surface area contributed by atoms with Gasteiger partial charge in [0.2, 0.25) is 10.0 Å². The molecule has 10 nitrogen and oxygen atoms in total. The number of benzene rings is 1. The van der Waals surface area contributed by atoms with Gasteiger partial charge in [-0.15, -0.1) is 0 Å². The molecule has 168 valence electrons. The smallest absolute Gasteiger partial charge is 0.330 e. The number of sulfonamides is 1. The molecule has 31 heavy (non-hydrogen) atoms. The highest BCUT2D eigenvalue weighted by Gasteiger charge is 2.35. The van der Waals surface area contributed by atoms with Crippen molar-refractivity contribution in [1.82, 2.24) is 13.9 Å². The summed E-state index contributed by atoms with van der Waals surface area (Å²) in [5.41, 5.74) is -0.286. The van der Waals surface area contributed by atoms with Crippen LogP contribution >= 0.6 is 0 Å². The van der Waals surface area contributed by atoms with Crippen molar-refractivity contribution >= 4 is 16.0 Å². The molecule has 1 saturated heterocycles. The lowest BCUT2D eigenvalue weighted by Gasteiger charge is -2.28. The molecule has 2 heterocycles. The van der Waals surface area contributed by atoms with E-state index in [0.717, 1.165) is 5.56 Å². The molecule has 0 unspecified atom stereocenters. The number of carbonyl (C=O) groups excluding carboxylic acids is 1. The monoisotopic (exact) mass is 451 g/mol. The molecule has 0 radical (unpaired) electrons. The standard InChI is InChI=1S/C20H25N3O7S/c1-14-3-6-16(7-4-14)31(27,28)22-11-12-30-19(15(13-22)5-8-18(25)29-2)23-10-9-17(24)21-20(23)26/h3-4,6-7,9-10,15,19H,5,8,11-13H2,1-2H3,(H,21,24,26)/t15-,19-/m0/s1. The number of nitrogens with one attached hydrogen (secondary N) is 1. The van der Waals surface area contributed by atoms with Crippen LogP contribution in [-0.2, 0) is 24.3 Å². The molecule has 2 aromatic rings. The number of methoxy groups -OCH3 is 1. The normalized spacial score (nSPS) is 20.2. The van der Waals surface area contributed by atoms with E-state index in [1.165, 1.54) is 28.2 Å². The average molecular weight is 452 g/mol. The molecule has 1 fully saturated rings. The van der Waals surface area contributed by atoms with E-state index in [-0.39, 0.29) is 37.4 Å². The lowest BCUT2D eigenvalue weighted by molar-refractivity contribution is -0.141. The number of aromatic amines is 1.